The molecular formula is C17H18N4O4. The second kappa shape index (κ2) is 6.76. The molecule has 25 heavy (non-hydrogen) atoms. The summed E-state index contributed by atoms with van der Waals surface area (Å²) in [6, 6.07) is 8.02. The van der Waals surface area contributed by atoms with E-state index in [0.717, 1.165) is 5.56 Å². The average Bonchev–Trinajstić information content (AvgIpc) is 3.18. The van der Waals surface area contributed by atoms with Gasteiger partial charge in [0.1, 0.15) is 11.5 Å². The highest BCUT2D eigenvalue weighted by molar-refractivity contribution is 6.40. The Labute approximate surface area is 144 Å². The van der Waals surface area contributed by atoms with Crippen LogP contribution in [0.3, 0.4) is 0 Å². The Balaban J connectivity index is 1.75. The molecule has 0 saturated heterocycles. The molecule has 1 aliphatic heterocycles. The molecule has 0 bridgehead atoms. The number of nitrogens with one attached hydrogen (secondary N) is 1. The third-order valence-corrected chi connectivity index (χ3v) is 4.09. The summed E-state index contributed by atoms with van der Waals surface area (Å²) in [5.74, 6) is -0.786. The molecule has 1 amide bonds. The first-order chi connectivity index (χ1) is 12.0. The number of benzene rings is 1. The molecule has 3 rings (SSSR count). The number of amides is 1. The number of carboxylic acids is 1. The van der Waals surface area contributed by atoms with Gasteiger partial charge in [-0.15, -0.1) is 0 Å². The number of para-hydroxylation sites is 1. The minimum Gasteiger partial charge on any atom is -0.480 e. The number of rotatable bonds is 5. The predicted octanol–water partition coefficient (Wildman–Crippen LogP) is 1.63. The van der Waals surface area contributed by atoms with Crippen molar-refractivity contribution in [3.8, 4) is 0 Å². The molecule has 1 atom stereocenters. The number of aliphatic carboxylic acids is 1. The van der Waals surface area contributed by atoms with Crippen molar-refractivity contribution < 1.29 is 19.2 Å². The van der Waals surface area contributed by atoms with Crippen LogP contribution in [-0.4, -0.2) is 33.9 Å². The summed E-state index contributed by atoms with van der Waals surface area (Å²) < 4.78 is 5.06. The van der Waals surface area contributed by atoms with Gasteiger partial charge in [-0.3, -0.25) is 9.80 Å². The van der Waals surface area contributed by atoms with Gasteiger partial charge in [0.25, 0.3) is 5.91 Å². The molecule has 130 valence electrons. The van der Waals surface area contributed by atoms with E-state index in [4.69, 9.17) is 4.52 Å². The smallest absolute Gasteiger partial charge is 0.328 e. The lowest BCUT2D eigenvalue weighted by molar-refractivity contribution is -0.138. The molecule has 8 heteroatoms. The van der Waals surface area contributed by atoms with E-state index >= 15 is 0 Å². The van der Waals surface area contributed by atoms with Gasteiger partial charge in [-0.1, -0.05) is 23.4 Å². The quantitative estimate of drug-likeness (QED) is 0.855. The SMILES string of the molecule is Cc1noc(C)c1CNC(=O)C1=NN(c2ccccc2)C(C(=O)O)C1. The first-order valence-corrected chi connectivity index (χ1v) is 7.82. The predicted molar refractivity (Wildman–Crippen MR) is 90.2 cm³/mol. The van der Waals surface area contributed by atoms with Crippen molar-refractivity contribution in [3.05, 3.63) is 47.3 Å². The monoisotopic (exact) mass is 342 g/mol. The molecule has 0 saturated carbocycles. The van der Waals surface area contributed by atoms with Crippen LogP contribution in [0.5, 0.6) is 0 Å². The Bertz CT molecular complexity index is 809. The molecule has 1 aromatic carbocycles. The summed E-state index contributed by atoms with van der Waals surface area (Å²) in [5, 5.41) is 21.6. The molecule has 1 aromatic heterocycles. The molecule has 0 fully saturated rings. The number of carbonyl (C=O) groups excluding carboxylic acids is 1. The van der Waals surface area contributed by atoms with E-state index in [1.54, 1.807) is 38.1 Å². The Morgan fingerprint density at radius 3 is 2.64 bits per heavy atom. The number of hydrogen-bond donors (Lipinski definition) is 2. The van der Waals surface area contributed by atoms with Crippen LogP contribution >= 0.6 is 0 Å². The number of hydrazone groups is 1. The van der Waals surface area contributed by atoms with Gasteiger partial charge in [0.15, 0.2) is 6.04 Å². The zero-order valence-corrected chi connectivity index (χ0v) is 13.9. The number of carboxylic acid groups (broad SMARTS) is 1. The van der Waals surface area contributed by atoms with Gasteiger partial charge in [0.2, 0.25) is 0 Å². The van der Waals surface area contributed by atoms with E-state index in [1.165, 1.54) is 5.01 Å². The van der Waals surface area contributed by atoms with Crippen molar-refractivity contribution in [2.24, 2.45) is 5.10 Å². The van der Waals surface area contributed by atoms with Crippen LogP contribution in [-0.2, 0) is 16.1 Å². The standard InChI is InChI=1S/C17H18N4O4/c1-10-13(11(2)25-20-10)9-18-16(22)14-8-15(17(23)24)21(19-14)12-6-4-3-5-7-12/h3-7,15H,8-9H2,1-2H3,(H,18,22)(H,23,24). The number of carbonyl (C=O) groups is 2. The lowest BCUT2D eigenvalue weighted by Gasteiger charge is -2.19. The molecule has 0 aliphatic carbocycles. The third-order valence-electron chi connectivity index (χ3n) is 4.09. The van der Waals surface area contributed by atoms with Gasteiger partial charge in [-0.2, -0.15) is 5.10 Å². The molecule has 1 unspecified atom stereocenters. The summed E-state index contributed by atoms with van der Waals surface area (Å²) in [7, 11) is 0. The molecule has 0 radical (unpaired) electrons. The van der Waals surface area contributed by atoms with Crippen molar-refractivity contribution in [2.45, 2.75) is 32.9 Å². The fourth-order valence-electron chi connectivity index (χ4n) is 2.68. The maximum atomic E-state index is 12.4. The van der Waals surface area contributed by atoms with E-state index in [2.05, 4.69) is 15.6 Å². The van der Waals surface area contributed by atoms with E-state index in [1.807, 2.05) is 6.07 Å². The maximum absolute atomic E-state index is 12.4. The van der Waals surface area contributed by atoms with Crippen LogP contribution in [0.2, 0.25) is 0 Å². The van der Waals surface area contributed by atoms with Gasteiger partial charge < -0.3 is 14.9 Å². The molecule has 2 N–H and O–H groups in total. The minimum absolute atomic E-state index is 0.0393. The van der Waals surface area contributed by atoms with Gasteiger partial charge in [-0.25, -0.2) is 4.79 Å². The van der Waals surface area contributed by atoms with Crippen molar-refractivity contribution in [1.29, 1.82) is 0 Å². The first kappa shape index (κ1) is 16.7. The Hall–Kier alpha value is -3.16. The fraction of sp³-hybridized carbons (Fsp3) is 0.294. The average molecular weight is 342 g/mol. The number of anilines is 1. The zero-order valence-electron chi connectivity index (χ0n) is 13.9. The number of hydrogen-bond acceptors (Lipinski definition) is 6. The largest absolute Gasteiger partial charge is 0.480 e. The highest BCUT2D eigenvalue weighted by atomic mass is 16.5. The lowest BCUT2D eigenvalue weighted by atomic mass is 10.1. The highest BCUT2D eigenvalue weighted by Gasteiger charge is 2.36. The van der Waals surface area contributed by atoms with Gasteiger partial charge in [0, 0.05) is 18.5 Å². The van der Waals surface area contributed by atoms with Crippen LogP contribution in [0.15, 0.2) is 40.0 Å². The van der Waals surface area contributed by atoms with Crippen molar-refractivity contribution >= 4 is 23.3 Å². The molecule has 8 nitrogen and oxygen atoms in total. The second-order valence-corrected chi connectivity index (χ2v) is 5.77. The normalized spacial score (nSPS) is 16.6. The van der Waals surface area contributed by atoms with Crippen LogP contribution in [0, 0.1) is 13.8 Å². The number of nitrogens with zero attached hydrogens (tertiary/aromatic N) is 3. The van der Waals surface area contributed by atoms with Gasteiger partial charge >= 0.3 is 5.97 Å². The topological polar surface area (TPSA) is 108 Å². The zero-order chi connectivity index (χ0) is 18.0. The maximum Gasteiger partial charge on any atom is 0.328 e. The molecule has 1 aliphatic rings. The van der Waals surface area contributed by atoms with Crippen LogP contribution in [0.4, 0.5) is 5.69 Å². The fourth-order valence-corrected chi connectivity index (χ4v) is 2.68. The second-order valence-electron chi connectivity index (χ2n) is 5.77. The Morgan fingerprint density at radius 1 is 1.32 bits per heavy atom. The minimum atomic E-state index is -1.03. The van der Waals surface area contributed by atoms with Gasteiger partial charge in [-0.05, 0) is 26.0 Å². The Kier molecular flexibility index (Phi) is 4.51. The first-order valence-electron chi connectivity index (χ1n) is 7.82. The highest BCUT2D eigenvalue weighted by Crippen LogP contribution is 2.24. The summed E-state index contributed by atoms with van der Waals surface area (Å²) in [5.41, 5.74) is 2.33. The van der Waals surface area contributed by atoms with E-state index in [9.17, 15) is 14.7 Å². The van der Waals surface area contributed by atoms with E-state index in [-0.39, 0.29) is 18.7 Å². The van der Waals surface area contributed by atoms with E-state index < -0.39 is 17.9 Å². The molecule has 2 heterocycles. The van der Waals surface area contributed by atoms with Crippen molar-refractivity contribution in [3.63, 3.8) is 0 Å². The lowest BCUT2D eigenvalue weighted by Crippen LogP contribution is -2.35. The van der Waals surface area contributed by atoms with E-state index in [0.29, 0.717) is 17.1 Å². The molecule has 2 aromatic rings. The van der Waals surface area contributed by atoms with Crippen molar-refractivity contribution in [1.82, 2.24) is 10.5 Å². The number of aromatic nitrogens is 1. The van der Waals surface area contributed by atoms with Crippen molar-refractivity contribution in [2.75, 3.05) is 5.01 Å². The third kappa shape index (κ3) is 3.37. The summed E-state index contributed by atoms with van der Waals surface area (Å²) in [4.78, 5) is 23.9. The van der Waals surface area contributed by atoms with Crippen LogP contribution < -0.4 is 10.3 Å². The summed E-state index contributed by atoms with van der Waals surface area (Å²) >= 11 is 0. The number of aryl methyl sites for hydroxylation is 2. The molecular weight excluding hydrogens is 324 g/mol. The summed E-state index contributed by atoms with van der Waals surface area (Å²) in [6.45, 7) is 3.82. The molecule has 0 spiro atoms. The summed E-state index contributed by atoms with van der Waals surface area (Å²) in [6.07, 6.45) is 0.0393. The van der Waals surface area contributed by atoms with Gasteiger partial charge in [0.05, 0.1) is 11.4 Å². The Morgan fingerprint density at radius 2 is 2.04 bits per heavy atom. The van der Waals surface area contributed by atoms with Crippen LogP contribution in [0.1, 0.15) is 23.4 Å². The van der Waals surface area contributed by atoms with Crippen LogP contribution in [0.25, 0.3) is 0 Å².